The first-order valence-corrected chi connectivity index (χ1v) is 9.81. The van der Waals surface area contributed by atoms with E-state index in [0.29, 0.717) is 18.2 Å². The van der Waals surface area contributed by atoms with Crippen LogP contribution in [0.1, 0.15) is 35.8 Å². The molecule has 0 amide bonds. The summed E-state index contributed by atoms with van der Waals surface area (Å²) >= 11 is 0. The molecule has 0 spiro atoms. The molecule has 3 rings (SSSR count). The SMILES string of the molecule is Cc1cc(C)nc(N2CCC[C@H](c3ncncc3S(C)(=O)=O)C2)n1. The van der Waals surface area contributed by atoms with E-state index < -0.39 is 9.84 Å². The van der Waals surface area contributed by atoms with Crippen molar-refractivity contribution >= 4 is 15.8 Å². The van der Waals surface area contributed by atoms with E-state index in [0.717, 1.165) is 30.8 Å². The normalized spacial score (nSPS) is 18.6. The average Bonchev–Trinajstić information content (AvgIpc) is 2.53. The van der Waals surface area contributed by atoms with Gasteiger partial charge < -0.3 is 4.90 Å². The molecule has 1 atom stereocenters. The summed E-state index contributed by atoms with van der Waals surface area (Å²) in [4.78, 5) is 19.5. The van der Waals surface area contributed by atoms with Crippen LogP contribution in [0, 0.1) is 13.8 Å². The lowest BCUT2D eigenvalue weighted by atomic mass is 9.94. The Morgan fingerprint density at radius 2 is 1.92 bits per heavy atom. The van der Waals surface area contributed by atoms with Gasteiger partial charge in [-0.05, 0) is 32.8 Å². The van der Waals surface area contributed by atoms with Crippen LogP contribution >= 0.6 is 0 Å². The van der Waals surface area contributed by atoms with Crippen LogP contribution < -0.4 is 4.90 Å². The lowest BCUT2D eigenvalue weighted by molar-refractivity contribution is 0.486. The molecular weight excluding hydrogens is 326 g/mol. The van der Waals surface area contributed by atoms with Crippen molar-refractivity contribution < 1.29 is 8.42 Å². The minimum atomic E-state index is -3.35. The largest absolute Gasteiger partial charge is 0.340 e. The molecular formula is C16H21N5O2S. The van der Waals surface area contributed by atoms with Crippen molar-refractivity contribution in [3.8, 4) is 0 Å². The van der Waals surface area contributed by atoms with Crippen LogP contribution in [-0.4, -0.2) is 47.7 Å². The summed E-state index contributed by atoms with van der Waals surface area (Å²) in [7, 11) is -3.35. The first kappa shape index (κ1) is 16.8. The summed E-state index contributed by atoms with van der Waals surface area (Å²) < 4.78 is 24.0. The summed E-state index contributed by atoms with van der Waals surface area (Å²) in [6, 6.07) is 1.94. The lowest BCUT2D eigenvalue weighted by Crippen LogP contribution is -2.36. The summed E-state index contributed by atoms with van der Waals surface area (Å²) in [6.07, 6.45) is 5.83. The number of aryl methyl sites for hydroxylation is 2. The van der Waals surface area contributed by atoms with Gasteiger partial charge in [0.25, 0.3) is 0 Å². The molecule has 8 heteroatoms. The summed E-state index contributed by atoms with van der Waals surface area (Å²) in [5.41, 5.74) is 2.46. The predicted molar refractivity (Wildman–Crippen MR) is 90.8 cm³/mol. The van der Waals surface area contributed by atoms with Crippen LogP contribution in [0.15, 0.2) is 23.5 Å². The molecule has 1 aliphatic rings. The second-order valence-electron chi connectivity index (χ2n) is 6.28. The van der Waals surface area contributed by atoms with E-state index in [1.54, 1.807) is 0 Å². The zero-order valence-electron chi connectivity index (χ0n) is 14.1. The Labute approximate surface area is 142 Å². The standard InChI is InChI=1S/C16H21N5O2S/c1-11-7-12(2)20-16(19-11)21-6-4-5-13(9-21)15-14(24(3,22)23)8-17-10-18-15/h7-8,10,13H,4-6,9H2,1-3H3/t13-/m0/s1. The molecule has 0 aliphatic carbocycles. The molecule has 128 valence electrons. The number of hydrogen-bond acceptors (Lipinski definition) is 7. The third-order valence-corrected chi connectivity index (χ3v) is 5.28. The Hall–Kier alpha value is -2.09. The van der Waals surface area contributed by atoms with Gasteiger partial charge in [-0.15, -0.1) is 0 Å². The van der Waals surface area contributed by atoms with E-state index in [2.05, 4.69) is 24.8 Å². The molecule has 0 unspecified atom stereocenters. The quantitative estimate of drug-likeness (QED) is 0.834. The first-order chi connectivity index (χ1) is 11.3. The molecule has 1 fully saturated rings. The molecule has 0 radical (unpaired) electrons. The smallest absolute Gasteiger partial charge is 0.225 e. The molecule has 1 saturated heterocycles. The number of rotatable bonds is 3. The molecule has 0 saturated carbocycles. The van der Waals surface area contributed by atoms with Gasteiger partial charge in [-0.2, -0.15) is 0 Å². The van der Waals surface area contributed by atoms with Gasteiger partial charge in [-0.3, -0.25) is 0 Å². The molecule has 7 nitrogen and oxygen atoms in total. The fourth-order valence-electron chi connectivity index (χ4n) is 3.15. The van der Waals surface area contributed by atoms with E-state index in [1.165, 1.54) is 18.8 Å². The monoisotopic (exact) mass is 347 g/mol. The van der Waals surface area contributed by atoms with Crippen LogP contribution in [0.25, 0.3) is 0 Å². The van der Waals surface area contributed by atoms with Crippen molar-refractivity contribution in [3.63, 3.8) is 0 Å². The number of nitrogens with zero attached hydrogens (tertiary/aromatic N) is 5. The molecule has 24 heavy (non-hydrogen) atoms. The highest BCUT2D eigenvalue weighted by atomic mass is 32.2. The second kappa shape index (κ2) is 6.43. The molecule has 3 heterocycles. The third-order valence-electron chi connectivity index (χ3n) is 4.17. The number of anilines is 1. The number of piperidine rings is 1. The number of hydrogen-bond donors (Lipinski definition) is 0. The van der Waals surface area contributed by atoms with Gasteiger partial charge in [0.15, 0.2) is 9.84 Å². The van der Waals surface area contributed by atoms with Gasteiger partial charge >= 0.3 is 0 Å². The average molecular weight is 347 g/mol. The Kier molecular flexibility index (Phi) is 4.49. The minimum Gasteiger partial charge on any atom is -0.340 e. The Morgan fingerprint density at radius 1 is 1.21 bits per heavy atom. The highest BCUT2D eigenvalue weighted by Crippen LogP contribution is 2.30. The molecule has 2 aromatic heterocycles. The summed E-state index contributed by atoms with van der Waals surface area (Å²) in [6.45, 7) is 5.42. The van der Waals surface area contributed by atoms with E-state index in [4.69, 9.17) is 0 Å². The van der Waals surface area contributed by atoms with Gasteiger partial charge in [-0.1, -0.05) is 0 Å². The van der Waals surface area contributed by atoms with E-state index in [-0.39, 0.29) is 10.8 Å². The molecule has 0 aromatic carbocycles. The maximum absolute atomic E-state index is 12.0. The number of sulfone groups is 1. The van der Waals surface area contributed by atoms with Gasteiger partial charge in [0, 0.05) is 42.8 Å². The van der Waals surface area contributed by atoms with E-state index >= 15 is 0 Å². The van der Waals surface area contributed by atoms with Gasteiger partial charge in [0.2, 0.25) is 5.95 Å². The molecule has 2 aromatic rings. The molecule has 1 aliphatic heterocycles. The minimum absolute atomic E-state index is 0.0240. The predicted octanol–water partition coefficient (Wildman–Crippen LogP) is 1.67. The Morgan fingerprint density at radius 3 is 2.58 bits per heavy atom. The van der Waals surface area contributed by atoms with Crippen molar-refractivity contribution in [3.05, 3.63) is 35.7 Å². The van der Waals surface area contributed by atoms with Gasteiger partial charge in [0.05, 0.1) is 5.69 Å². The summed E-state index contributed by atoms with van der Waals surface area (Å²) in [5, 5.41) is 0. The topological polar surface area (TPSA) is 88.9 Å². The highest BCUT2D eigenvalue weighted by Gasteiger charge is 2.28. The van der Waals surface area contributed by atoms with Crippen LogP contribution in [0.3, 0.4) is 0 Å². The van der Waals surface area contributed by atoms with Gasteiger partial charge in [-0.25, -0.2) is 28.4 Å². The van der Waals surface area contributed by atoms with Crippen molar-refractivity contribution in [1.29, 1.82) is 0 Å². The zero-order valence-corrected chi connectivity index (χ0v) is 14.9. The highest BCUT2D eigenvalue weighted by molar-refractivity contribution is 7.90. The lowest BCUT2D eigenvalue weighted by Gasteiger charge is -2.33. The summed E-state index contributed by atoms with van der Waals surface area (Å²) in [5.74, 6) is 0.725. The van der Waals surface area contributed by atoms with Crippen molar-refractivity contribution in [2.45, 2.75) is 37.5 Å². The van der Waals surface area contributed by atoms with Crippen molar-refractivity contribution in [2.24, 2.45) is 0 Å². The van der Waals surface area contributed by atoms with Gasteiger partial charge in [0.1, 0.15) is 11.2 Å². The molecule has 0 bridgehead atoms. The van der Waals surface area contributed by atoms with Crippen molar-refractivity contribution in [2.75, 3.05) is 24.2 Å². The maximum Gasteiger partial charge on any atom is 0.225 e. The van der Waals surface area contributed by atoms with E-state index in [9.17, 15) is 8.42 Å². The zero-order chi connectivity index (χ0) is 17.3. The fourth-order valence-corrected chi connectivity index (χ4v) is 4.00. The van der Waals surface area contributed by atoms with E-state index in [1.807, 2.05) is 19.9 Å². The van der Waals surface area contributed by atoms with Crippen LogP contribution in [0.4, 0.5) is 5.95 Å². The molecule has 0 N–H and O–H groups in total. The third kappa shape index (κ3) is 3.53. The van der Waals surface area contributed by atoms with Crippen LogP contribution in [0.5, 0.6) is 0 Å². The van der Waals surface area contributed by atoms with Crippen LogP contribution in [0.2, 0.25) is 0 Å². The first-order valence-electron chi connectivity index (χ1n) is 7.92. The second-order valence-corrected chi connectivity index (χ2v) is 8.26. The Balaban J connectivity index is 1.92. The Bertz CT molecular complexity index is 833. The van der Waals surface area contributed by atoms with Crippen molar-refractivity contribution in [1.82, 2.24) is 19.9 Å². The van der Waals surface area contributed by atoms with Crippen LogP contribution in [-0.2, 0) is 9.84 Å². The fraction of sp³-hybridized carbons (Fsp3) is 0.500. The number of aromatic nitrogens is 4. The maximum atomic E-state index is 12.0.